The van der Waals surface area contributed by atoms with Gasteiger partial charge in [0.05, 0.1) is 16.6 Å². The molecule has 0 bridgehead atoms. The Labute approximate surface area is 164 Å². The molecule has 0 radical (unpaired) electrons. The first-order valence-electron chi connectivity index (χ1n) is 10.6. The van der Waals surface area contributed by atoms with Gasteiger partial charge < -0.3 is 10.0 Å². The van der Waals surface area contributed by atoms with Crippen LogP contribution in [0.5, 0.6) is 0 Å². The minimum Gasteiger partial charge on any atom is -0.385 e. The van der Waals surface area contributed by atoms with Gasteiger partial charge in [0.15, 0.2) is 5.78 Å². The summed E-state index contributed by atoms with van der Waals surface area (Å²) in [4.78, 5) is 14.2. The minimum atomic E-state index is -1.47. The number of benzene rings is 2. The van der Waals surface area contributed by atoms with Gasteiger partial charge in [-0.3, -0.25) is 4.79 Å². The molecule has 1 saturated heterocycles. The first-order valence-corrected chi connectivity index (χ1v) is 9.02. The van der Waals surface area contributed by atoms with E-state index in [1.807, 2.05) is 0 Å². The lowest BCUT2D eigenvalue weighted by Crippen LogP contribution is -2.42. The third-order valence-electron chi connectivity index (χ3n) is 4.80. The number of piperidine rings is 1. The number of hydrogen-bond acceptors (Lipinski definition) is 3. The topological polar surface area (TPSA) is 40.5 Å². The fraction of sp³-hybridized carbons (Fsp3) is 0.381. The van der Waals surface area contributed by atoms with E-state index in [2.05, 4.69) is 4.90 Å². The van der Waals surface area contributed by atoms with Crippen molar-refractivity contribution in [3.63, 3.8) is 0 Å². The van der Waals surface area contributed by atoms with Crippen LogP contribution < -0.4 is 0 Å². The van der Waals surface area contributed by atoms with E-state index in [4.69, 9.17) is 17.1 Å². The largest absolute Gasteiger partial charge is 0.385 e. The molecule has 138 valence electrons. The highest BCUT2D eigenvalue weighted by Crippen LogP contribution is 2.33. The molecule has 0 amide bonds. The fourth-order valence-corrected chi connectivity index (χ4v) is 3.31. The van der Waals surface area contributed by atoms with E-state index in [1.54, 1.807) is 12.1 Å². The van der Waals surface area contributed by atoms with Crippen molar-refractivity contribution in [1.29, 1.82) is 0 Å². The highest BCUT2D eigenvalue weighted by atomic mass is 35.5. The van der Waals surface area contributed by atoms with E-state index in [0.29, 0.717) is 26.1 Å². The zero-order valence-electron chi connectivity index (χ0n) is 18.3. The summed E-state index contributed by atoms with van der Waals surface area (Å²) in [7, 11) is 0. The number of nitrogens with zero attached hydrogens (tertiary/aromatic N) is 1. The van der Waals surface area contributed by atoms with E-state index >= 15 is 0 Å². The lowest BCUT2D eigenvalue weighted by molar-refractivity contribution is -0.0260. The summed E-state index contributed by atoms with van der Waals surface area (Å²) in [6, 6.07) is 4.58. The molecule has 3 rings (SSSR count). The zero-order chi connectivity index (χ0) is 22.1. The summed E-state index contributed by atoms with van der Waals surface area (Å²) < 4.78 is 45.7. The number of Topliss-reactive ketones (excluding diaryl/α,β-unsaturated/α-hetero) is 1. The molecular formula is C21H23ClFNO2. The number of hydrogen-bond donors (Lipinski definition) is 1. The summed E-state index contributed by atoms with van der Waals surface area (Å²) in [5.74, 6) is -0.764. The van der Waals surface area contributed by atoms with Gasteiger partial charge in [0.2, 0.25) is 0 Å². The molecule has 1 aliphatic heterocycles. The molecule has 0 spiro atoms. The molecule has 26 heavy (non-hydrogen) atoms. The maximum absolute atomic E-state index is 13.7. The van der Waals surface area contributed by atoms with Crippen LogP contribution in [0, 0.1) is 5.82 Å². The van der Waals surface area contributed by atoms with E-state index in [0.717, 1.165) is 0 Å². The van der Waals surface area contributed by atoms with E-state index in [1.165, 1.54) is 12.1 Å². The highest BCUT2D eigenvalue weighted by Gasteiger charge is 2.33. The van der Waals surface area contributed by atoms with Crippen molar-refractivity contribution < 1.29 is 19.8 Å². The van der Waals surface area contributed by atoms with Crippen molar-refractivity contribution in [2.75, 3.05) is 19.6 Å². The Morgan fingerprint density at radius 2 is 1.88 bits per heavy atom. The zero-order valence-corrected chi connectivity index (χ0v) is 15.1. The smallest absolute Gasteiger partial charge is 0.165 e. The van der Waals surface area contributed by atoms with Crippen molar-refractivity contribution in [3.05, 3.63) is 70.4 Å². The van der Waals surface area contributed by atoms with Gasteiger partial charge in [-0.2, -0.15) is 0 Å². The van der Waals surface area contributed by atoms with Crippen LogP contribution in [0.4, 0.5) is 4.39 Å². The van der Waals surface area contributed by atoms with E-state index in [9.17, 15) is 14.3 Å². The van der Waals surface area contributed by atoms with Crippen LogP contribution in [0.1, 0.15) is 47.1 Å². The van der Waals surface area contributed by atoms with Crippen molar-refractivity contribution in [3.8, 4) is 0 Å². The fourth-order valence-electron chi connectivity index (χ4n) is 3.21. The molecule has 1 N–H and O–H groups in total. The second-order valence-electron chi connectivity index (χ2n) is 6.57. The van der Waals surface area contributed by atoms with Crippen molar-refractivity contribution in [2.24, 2.45) is 0 Å². The Morgan fingerprint density at radius 1 is 1.23 bits per heavy atom. The summed E-state index contributed by atoms with van der Waals surface area (Å²) >= 11 is 5.85. The van der Waals surface area contributed by atoms with Gasteiger partial charge in [0.1, 0.15) is 5.82 Å². The first kappa shape index (κ1) is 14.3. The lowest BCUT2D eigenvalue weighted by Gasteiger charge is -2.38. The molecule has 1 heterocycles. The third kappa shape index (κ3) is 4.50. The number of halogens is 2. The predicted octanol–water partition coefficient (Wildman–Crippen LogP) is 4.43. The molecule has 2 aromatic rings. The predicted molar refractivity (Wildman–Crippen MR) is 101 cm³/mol. The van der Waals surface area contributed by atoms with Crippen LogP contribution in [0.2, 0.25) is 5.02 Å². The van der Waals surface area contributed by atoms with Gasteiger partial charge in [-0.25, -0.2) is 4.39 Å². The molecule has 1 aliphatic rings. The first-order chi connectivity index (χ1) is 14.2. The van der Waals surface area contributed by atoms with E-state index < -0.39 is 11.4 Å². The molecular weight excluding hydrogens is 353 g/mol. The Balaban J connectivity index is 1.60. The second kappa shape index (κ2) is 8.30. The lowest BCUT2D eigenvalue weighted by atomic mass is 9.84. The average Bonchev–Trinajstić information content (AvgIpc) is 2.72. The van der Waals surface area contributed by atoms with Gasteiger partial charge in [0.25, 0.3) is 0 Å². The van der Waals surface area contributed by atoms with Crippen molar-refractivity contribution in [1.82, 2.24) is 4.90 Å². The Hall–Kier alpha value is -1.75. The van der Waals surface area contributed by atoms with Crippen LogP contribution in [0.25, 0.3) is 0 Å². The number of carbonyl (C=O) groups is 1. The van der Waals surface area contributed by atoms with Crippen LogP contribution in [0.3, 0.4) is 0 Å². The Kier molecular flexibility index (Phi) is 4.57. The van der Waals surface area contributed by atoms with Gasteiger partial charge in [-0.05, 0) is 55.6 Å². The monoisotopic (exact) mass is 379 g/mol. The molecule has 0 saturated carbocycles. The Bertz CT molecular complexity index is 935. The minimum absolute atomic E-state index is 0.0173. The van der Waals surface area contributed by atoms with Crippen LogP contribution in [-0.2, 0) is 5.60 Å². The molecule has 0 aromatic heterocycles. The number of aliphatic hydroxyl groups is 1. The Morgan fingerprint density at radius 3 is 2.54 bits per heavy atom. The number of rotatable bonds is 6. The summed E-state index contributed by atoms with van der Waals surface area (Å²) in [5.41, 5.74) is -1.39. The molecule has 1 fully saturated rings. The van der Waals surface area contributed by atoms with Crippen molar-refractivity contribution in [2.45, 2.75) is 31.3 Å². The summed E-state index contributed by atoms with van der Waals surface area (Å²) in [6.45, 7) is 1.56. The van der Waals surface area contributed by atoms with Crippen LogP contribution in [-0.4, -0.2) is 35.4 Å². The second-order valence-corrected chi connectivity index (χ2v) is 6.95. The normalized spacial score (nSPS) is 19.3. The number of carbonyl (C=O) groups excluding carboxylic acids is 1. The number of likely N-dealkylation sites (tertiary alicyclic amines) is 1. The molecule has 3 nitrogen and oxygen atoms in total. The summed E-state index contributed by atoms with van der Waals surface area (Å²) in [5, 5.41) is 10.8. The van der Waals surface area contributed by atoms with Crippen LogP contribution >= 0.6 is 11.6 Å². The molecule has 2 aromatic carbocycles. The van der Waals surface area contributed by atoms with Gasteiger partial charge in [0, 0.05) is 24.5 Å². The maximum Gasteiger partial charge on any atom is 0.165 e. The molecule has 5 heteroatoms. The standard InChI is InChI=1S/C21H23ClFNO2/c22-17-9-7-16(8-10-17)21(26)11-14-24(15-12-21)13-3-6-20(25)18-4-1-2-5-19(18)23/h1-2,4-5,7-10,26H,3,6,11-15H2/i7D,8D,9D,10D. The quantitative estimate of drug-likeness (QED) is 0.755. The summed E-state index contributed by atoms with van der Waals surface area (Å²) in [6.07, 6.45) is 1.25. The van der Waals surface area contributed by atoms with Crippen LogP contribution in [0.15, 0.2) is 48.4 Å². The third-order valence-corrected chi connectivity index (χ3v) is 4.98. The number of ketones is 1. The SMILES string of the molecule is [2H]c1c([2H])c(C2(O)CCN(CCCC(=O)c3ccccc3F)CC2)c([2H])c([2H])c1Cl. The van der Waals surface area contributed by atoms with E-state index in [-0.39, 0.29) is 65.4 Å². The van der Waals surface area contributed by atoms with Gasteiger partial charge >= 0.3 is 0 Å². The van der Waals surface area contributed by atoms with Gasteiger partial charge in [-0.1, -0.05) is 35.8 Å². The maximum atomic E-state index is 13.7. The highest BCUT2D eigenvalue weighted by molar-refractivity contribution is 6.30. The molecule has 0 aliphatic carbocycles. The molecule has 0 atom stereocenters. The van der Waals surface area contributed by atoms with Crippen molar-refractivity contribution >= 4 is 17.4 Å². The van der Waals surface area contributed by atoms with Gasteiger partial charge in [-0.15, -0.1) is 0 Å². The average molecular weight is 380 g/mol. The molecule has 0 unspecified atom stereocenters.